The van der Waals surface area contributed by atoms with E-state index in [0.717, 1.165) is 16.3 Å². The Kier molecular flexibility index (Phi) is 6.11. The third-order valence-electron chi connectivity index (χ3n) is 5.72. The Balaban J connectivity index is 2.15. The van der Waals surface area contributed by atoms with Crippen LogP contribution in [0.25, 0.3) is 10.8 Å². The van der Waals surface area contributed by atoms with Crippen molar-refractivity contribution in [3.8, 4) is 0 Å². The normalized spacial score (nSPS) is 16.3. The average Bonchev–Trinajstić information content (AvgIpc) is 2.57. The van der Waals surface area contributed by atoms with Gasteiger partial charge in [0.15, 0.2) is 14.1 Å². The van der Waals surface area contributed by atoms with Crippen LogP contribution < -0.4 is 0 Å². The molecule has 26 heavy (non-hydrogen) atoms. The highest BCUT2D eigenvalue weighted by Crippen LogP contribution is 2.38. The van der Waals surface area contributed by atoms with E-state index in [-0.39, 0.29) is 10.8 Å². The Morgan fingerprint density at radius 3 is 2.19 bits per heavy atom. The van der Waals surface area contributed by atoms with Gasteiger partial charge in [-0.2, -0.15) is 0 Å². The molecule has 0 aliphatic carbocycles. The second-order valence-electron chi connectivity index (χ2n) is 8.76. The van der Waals surface area contributed by atoms with Crippen LogP contribution in [0.1, 0.15) is 46.3 Å². The fourth-order valence-electron chi connectivity index (χ4n) is 2.88. The third kappa shape index (κ3) is 4.42. The van der Waals surface area contributed by atoms with Crippen LogP contribution in [0.15, 0.2) is 42.5 Å². The lowest BCUT2D eigenvalue weighted by molar-refractivity contribution is -0.132. The summed E-state index contributed by atoms with van der Waals surface area (Å²) in [6.45, 7) is 14.3. The minimum atomic E-state index is -2.03. The Bertz CT molecular complexity index is 776. The summed E-state index contributed by atoms with van der Waals surface area (Å²) in [6.07, 6.45) is -1.35. The van der Waals surface area contributed by atoms with Gasteiger partial charge in [0, 0.05) is 5.92 Å². The molecule has 0 amide bonds. The molecule has 0 saturated carbocycles. The number of Topliss-reactive ketones (excluding diaryl/α,β-unsaturated/α-hetero) is 1. The number of hydrogen-bond donors (Lipinski definition) is 1. The lowest BCUT2D eigenvalue weighted by Crippen LogP contribution is -2.46. The van der Waals surface area contributed by atoms with Crippen LogP contribution in [-0.2, 0) is 9.22 Å². The molecule has 0 aliphatic rings. The van der Waals surface area contributed by atoms with E-state index >= 15 is 0 Å². The van der Waals surface area contributed by atoms with Crippen LogP contribution >= 0.6 is 0 Å². The van der Waals surface area contributed by atoms with Crippen LogP contribution in [0.3, 0.4) is 0 Å². The van der Waals surface area contributed by atoms with Crippen molar-refractivity contribution in [3.05, 3.63) is 48.0 Å². The maximum absolute atomic E-state index is 12.9. The van der Waals surface area contributed by atoms with Crippen LogP contribution in [0, 0.1) is 5.92 Å². The zero-order valence-corrected chi connectivity index (χ0v) is 18.0. The number of carbonyl (C=O) groups excluding carboxylic acids is 1. The van der Waals surface area contributed by atoms with E-state index in [2.05, 4.69) is 33.9 Å². The lowest BCUT2D eigenvalue weighted by atomic mass is 9.90. The Morgan fingerprint density at radius 2 is 1.62 bits per heavy atom. The highest BCUT2D eigenvalue weighted by molar-refractivity contribution is 6.74. The Hall–Kier alpha value is -1.49. The smallest absolute Gasteiger partial charge is 0.193 e. The lowest BCUT2D eigenvalue weighted by Gasteiger charge is -2.38. The predicted molar refractivity (Wildman–Crippen MR) is 111 cm³/mol. The maximum Gasteiger partial charge on any atom is 0.193 e. The van der Waals surface area contributed by atoms with E-state index in [1.807, 2.05) is 49.4 Å². The summed E-state index contributed by atoms with van der Waals surface area (Å²) in [5.41, 5.74) is 0.768. The standard InChI is InChI=1S/C22H32O3Si/c1-15(20(23)16(2)25-26(6,7)22(3,4)5)21(24)19-13-12-17-10-8-9-11-18(17)14-19/h8-16,21,24H,1-7H3/t15-,16-,21+/m0/s1. The molecule has 1 N–H and O–H groups in total. The summed E-state index contributed by atoms with van der Waals surface area (Å²) in [6, 6.07) is 13.9. The summed E-state index contributed by atoms with van der Waals surface area (Å²) in [7, 11) is -2.03. The molecule has 0 fully saturated rings. The zero-order valence-electron chi connectivity index (χ0n) is 17.0. The van der Waals surface area contributed by atoms with E-state index in [0.29, 0.717) is 0 Å². The van der Waals surface area contributed by atoms with E-state index in [9.17, 15) is 9.90 Å². The van der Waals surface area contributed by atoms with Crippen molar-refractivity contribution in [2.75, 3.05) is 0 Å². The van der Waals surface area contributed by atoms with E-state index in [1.165, 1.54) is 0 Å². The molecule has 3 nitrogen and oxygen atoms in total. The number of rotatable bonds is 6. The van der Waals surface area contributed by atoms with Gasteiger partial charge in [0.2, 0.25) is 0 Å². The first-order valence-electron chi connectivity index (χ1n) is 9.32. The van der Waals surface area contributed by atoms with Crippen LogP contribution in [-0.4, -0.2) is 25.3 Å². The van der Waals surface area contributed by atoms with Gasteiger partial charge in [-0.15, -0.1) is 0 Å². The molecule has 2 rings (SSSR count). The zero-order chi connectivity index (χ0) is 19.7. The molecular formula is C22H32O3Si. The molecule has 4 heteroatoms. The van der Waals surface area contributed by atoms with Gasteiger partial charge in [-0.05, 0) is 47.5 Å². The number of aliphatic hydroxyl groups is 1. The molecule has 0 unspecified atom stereocenters. The molecule has 0 spiro atoms. The van der Waals surface area contributed by atoms with Crippen molar-refractivity contribution < 1.29 is 14.3 Å². The number of ketones is 1. The Labute approximate surface area is 158 Å². The van der Waals surface area contributed by atoms with Crippen LogP contribution in [0.2, 0.25) is 18.1 Å². The van der Waals surface area contributed by atoms with Gasteiger partial charge in [0.05, 0.1) is 6.10 Å². The van der Waals surface area contributed by atoms with Gasteiger partial charge < -0.3 is 9.53 Å². The largest absolute Gasteiger partial charge is 0.407 e. The molecule has 0 aromatic heterocycles. The van der Waals surface area contributed by atoms with Crippen LogP contribution in [0.4, 0.5) is 0 Å². The molecule has 142 valence electrons. The molecule has 3 atom stereocenters. The number of benzene rings is 2. The molecule has 0 radical (unpaired) electrons. The highest BCUT2D eigenvalue weighted by atomic mass is 28.4. The molecule has 0 aliphatic heterocycles. The van der Waals surface area contributed by atoms with Crippen LogP contribution in [0.5, 0.6) is 0 Å². The first-order valence-corrected chi connectivity index (χ1v) is 12.2. The topological polar surface area (TPSA) is 46.5 Å². The third-order valence-corrected chi connectivity index (χ3v) is 10.3. The number of aliphatic hydroxyl groups excluding tert-OH is 1. The van der Waals surface area contributed by atoms with Crippen molar-refractivity contribution in [1.82, 2.24) is 0 Å². The monoisotopic (exact) mass is 372 g/mol. The summed E-state index contributed by atoms with van der Waals surface area (Å²) < 4.78 is 6.22. The fourth-order valence-corrected chi connectivity index (χ4v) is 4.24. The summed E-state index contributed by atoms with van der Waals surface area (Å²) in [5.74, 6) is -0.564. The average molecular weight is 373 g/mol. The van der Waals surface area contributed by atoms with Gasteiger partial charge >= 0.3 is 0 Å². The Morgan fingerprint density at radius 1 is 1.04 bits per heavy atom. The minimum Gasteiger partial charge on any atom is -0.407 e. The first-order chi connectivity index (χ1) is 11.9. The maximum atomic E-state index is 12.9. The van der Waals surface area contributed by atoms with E-state index < -0.39 is 26.4 Å². The molecular weight excluding hydrogens is 340 g/mol. The number of fused-ring (bicyclic) bond motifs is 1. The predicted octanol–water partition coefficient (Wildman–Crippen LogP) is 5.49. The van der Waals surface area contributed by atoms with Crippen molar-refractivity contribution in [2.45, 2.75) is 65.0 Å². The molecule has 2 aromatic carbocycles. The van der Waals surface area contributed by atoms with Gasteiger partial charge in [0.25, 0.3) is 0 Å². The number of carbonyl (C=O) groups is 1. The first kappa shape index (κ1) is 20.8. The van der Waals surface area contributed by atoms with E-state index in [1.54, 1.807) is 6.92 Å². The fraction of sp³-hybridized carbons (Fsp3) is 0.500. The molecule has 0 heterocycles. The van der Waals surface area contributed by atoms with Crippen molar-refractivity contribution >= 4 is 24.9 Å². The molecule has 0 saturated heterocycles. The quantitative estimate of drug-likeness (QED) is 0.682. The minimum absolute atomic E-state index is 0.0434. The SMILES string of the molecule is C[C@H](O[Si](C)(C)C(C)(C)C)C(=O)[C@H](C)[C@@H](O)c1ccc2ccccc2c1. The van der Waals surface area contributed by atoms with Crippen molar-refractivity contribution in [2.24, 2.45) is 5.92 Å². The second kappa shape index (κ2) is 7.63. The summed E-state index contributed by atoms with van der Waals surface area (Å²) in [4.78, 5) is 12.9. The van der Waals surface area contributed by atoms with Gasteiger partial charge in [-0.1, -0.05) is 64.1 Å². The summed E-state index contributed by atoms with van der Waals surface area (Å²) >= 11 is 0. The van der Waals surface area contributed by atoms with Gasteiger partial charge in [-0.3, -0.25) is 4.79 Å². The van der Waals surface area contributed by atoms with Gasteiger partial charge in [-0.25, -0.2) is 0 Å². The summed E-state index contributed by atoms with van der Waals surface area (Å²) in [5, 5.41) is 13.0. The molecule has 0 bridgehead atoms. The number of hydrogen-bond acceptors (Lipinski definition) is 3. The highest BCUT2D eigenvalue weighted by Gasteiger charge is 2.40. The second-order valence-corrected chi connectivity index (χ2v) is 13.5. The van der Waals surface area contributed by atoms with Crippen molar-refractivity contribution in [1.29, 1.82) is 0 Å². The molecule has 2 aromatic rings. The van der Waals surface area contributed by atoms with E-state index in [4.69, 9.17) is 4.43 Å². The van der Waals surface area contributed by atoms with Crippen molar-refractivity contribution in [3.63, 3.8) is 0 Å². The van der Waals surface area contributed by atoms with Gasteiger partial charge in [0.1, 0.15) is 6.10 Å².